The number of aliphatic carboxylic acids is 2. The third-order valence-corrected chi connectivity index (χ3v) is 6.82. The summed E-state index contributed by atoms with van der Waals surface area (Å²) in [7, 11) is 1.60. The molecule has 3 aromatic carbocycles. The maximum Gasteiger partial charge on any atom is 0.326 e. The van der Waals surface area contributed by atoms with Crippen molar-refractivity contribution in [3.05, 3.63) is 84.4 Å². The lowest BCUT2D eigenvalue weighted by Crippen LogP contribution is -2.56. The molecule has 8 nitrogen and oxygen atoms in total. The second-order valence-corrected chi connectivity index (χ2v) is 10.3. The Hall–Kier alpha value is -4.17. The average molecular weight is 547 g/mol. The van der Waals surface area contributed by atoms with Gasteiger partial charge >= 0.3 is 11.9 Å². The van der Waals surface area contributed by atoms with Crippen molar-refractivity contribution >= 4 is 23.5 Å². The first-order valence-electron chi connectivity index (χ1n) is 13.4. The molecule has 0 aliphatic heterocycles. The molecule has 0 saturated carbocycles. The van der Waals surface area contributed by atoms with Crippen LogP contribution >= 0.6 is 0 Å². The fraction of sp³-hybridized carbons (Fsp3) is 0.344. The van der Waals surface area contributed by atoms with Gasteiger partial charge in [0.2, 0.25) is 5.91 Å². The van der Waals surface area contributed by atoms with Crippen LogP contribution in [0.1, 0.15) is 39.2 Å². The molecule has 3 atom stereocenters. The van der Waals surface area contributed by atoms with Crippen LogP contribution in [0.3, 0.4) is 0 Å². The van der Waals surface area contributed by atoms with E-state index in [1.54, 1.807) is 19.2 Å². The van der Waals surface area contributed by atoms with Gasteiger partial charge in [-0.3, -0.25) is 19.8 Å². The van der Waals surface area contributed by atoms with E-state index >= 15 is 0 Å². The SMILES string of the molecule is COc1ccc(-c2ccc(N(C(=O)[C@H](CC(C)C)N[C@@H](CCc3ccccc3)C(=O)O)[C@@H](C)C(=O)O)cc2)cc1. The van der Waals surface area contributed by atoms with Crippen molar-refractivity contribution in [1.29, 1.82) is 0 Å². The van der Waals surface area contributed by atoms with Crippen LogP contribution in [-0.4, -0.2) is 53.3 Å². The Bertz CT molecular complexity index is 1260. The summed E-state index contributed by atoms with van der Waals surface area (Å²) in [4.78, 5) is 39.5. The Balaban J connectivity index is 1.88. The van der Waals surface area contributed by atoms with E-state index < -0.39 is 36.0 Å². The minimum atomic E-state index is -1.16. The lowest BCUT2D eigenvalue weighted by atomic mass is 9.98. The molecule has 3 N–H and O–H groups in total. The van der Waals surface area contributed by atoms with Crippen LogP contribution in [0.2, 0.25) is 0 Å². The summed E-state index contributed by atoms with van der Waals surface area (Å²) in [6.45, 7) is 5.33. The van der Waals surface area contributed by atoms with Crippen LogP contribution in [0, 0.1) is 5.92 Å². The van der Waals surface area contributed by atoms with Gasteiger partial charge in [0.1, 0.15) is 17.8 Å². The van der Waals surface area contributed by atoms with Gasteiger partial charge in [-0.15, -0.1) is 0 Å². The number of benzene rings is 3. The molecule has 0 aliphatic rings. The Morgan fingerprint density at radius 1 is 0.800 bits per heavy atom. The van der Waals surface area contributed by atoms with Crippen molar-refractivity contribution in [3.63, 3.8) is 0 Å². The van der Waals surface area contributed by atoms with Gasteiger partial charge in [0.05, 0.1) is 13.2 Å². The highest BCUT2D eigenvalue weighted by Gasteiger charge is 2.35. The molecule has 0 aromatic heterocycles. The number of amides is 1. The van der Waals surface area contributed by atoms with Crippen LogP contribution in [0.4, 0.5) is 5.69 Å². The number of hydrogen-bond acceptors (Lipinski definition) is 5. The number of methoxy groups -OCH3 is 1. The molecule has 3 rings (SSSR count). The predicted molar refractivity (Wildman–Crippen MR) is 156 cm³/mol. The molecule has 0 aliphatic carbocycles. The Morgan fingerprint density at radius 3 is 1.88 bits per heavy atom. The van der Waals surface area contributed by atoms with E-state index in [-0.39, 0.29) is 12.3 Å². The number of carbonyl (C=O) groups is 3. The summed E-state index contributed by atoms with van der Waals surface area (Å²) < 4.78 is 5.22. The fourth-order valence-corrected chi connectivity index (χ4v) is 4.61. The quantitative estimate of drug-likeness (QED) is 0.253. The van der Waals surface area contributed by atoms with Gasteiger partial charge in [0, 0.05) is 5.69 Å². The van der Waals surface area contributed by atoms with Gasteiger partial charge in [0.25, 0.3) is 0 Å². The molecule has 40 heavy (non-hydrogen) atoms. The normalized spacial score (nSPS) is 13.3. The lowest BCUT2D eigenvalue weighted by molar-refractivity contribution is -0.141. The van der Waals surface area contributed by atoms with Gasteiger partial charge in [-0.25, -0.2) is 4.79 Å². The molecule has 0 spiro atoms. The molecule has 1 amide bonds. The summed E-state index contributed by atoms with van der Waals surface area (Å²) in [5.74, 6) is -1.90. The van der Waals surface area contributed by atoms with Crippen molar-refractivity contribution < 1.29 is 29.3 Å². The number of nitrogens with zero attached hydrogens (tertiary/aromatic N) is 1. The molecular formula is C32H38N2O6. The summed E-state index contributed by atoms with van der Waals surface area (Å²) in [5, 5.41) is 22.9. The second kappa shape index (κ2) is 14.3. The zero-order valence-electron chi connectivity index (χ0n) is 23.4. The smallest absolute Gasteiger partial charge is 0.326 e. The van der Waals surface area contributed by atoms with Crippen LogP contribution in [0.5, 0.6) is 5.75 Å². The number of carbonyl (C=O) groups excluding carboxylic acids is 1. The summed E-state index contributed by atoms with van der Waals surface area (Å²) >= 11 is 0. The summed E-state index contributed by atoms with van der Waals surface area (Å²) in [5.41, 5.74) is 3.26. The number of aryl methyl sites for hydroxylation is 1. The first-order valence-corrected chi connectivity index (χ1v) is 13.4. The fourth-order valence-electron chi connectivity index (χ4n) is 4.61. The summed E-state index contributed by atoms with van der Waals surface area (Å²) in [6, 6.07) is 21.2. The zero-order chi connectivity index (χ0) is 29.2. The van der Waals surface area contributed by atoms with Gasteiger partial charge in [-0.2, -0.15) is 0 Å². The van der Waals surface area contributed by atoms with E-state index in [1.165, 1.54) is 11.8 Å². The first-order chi connectivity index (χ1) is 19.1. The molecule has 212 valence electrons. The first kappa shape index (κ1) is 30.4. The van der Waals surface area contributed by atoms with E-state index in [0.717, 1.165) is 22.4 Å². The maximum absolute atomic E-state index is 14.0. The highest BCUT2D eigenvalue weighted by atomic mass is 16.5. The monoisotopic (exact) mass is 546 g/mol. The molecule has 0 heterocycles. The van der Waals surface area contributed by atoms with Gasteiger partial charge in [0.15, 0.2) is 0 Å². The minimum absolute atomic E-state index is 0.0597. The topological polar surface area (TPSA) is 116 Å². The Labute approximate surface area is 235 Å². The van der Waals surface area contributed by atoms with Crippen molar-refractivity contribution in [1.82, 2.24) is 5.32 Å². The van der Waals surface area contributed by atoms with Crippen LogP contribution in [-0.2, 0) is 20.8 Å². The maximum atomic E-state index is 14.0. The van der Waals surface area contributed by atoms with E-state index in [9.17, 15) is 24.6 Å². The van der Waals surface area contributed by atoms with Gasteiger partial charge < -0.3 is 14.9 Å². The zero-order valence-corrected chi connectivity index (χ0v) is 23.4. The van der Waals surface area contributed by atoms with Crippen molar-refractivity contribution in [2.45, 2.75) is 58.2 Å². The van der Waals surface area contributed by atoms with Crippen molar-refractivity contribution in [2.24, 2.45) is 5.92 Å². The van der Waals surface area contributed by atoms with Gasteiger partial charge in [-0.1, -0.05) is 68.4 Å². The van der Waals surface area contributed by atoms with Gasteiger partial charge in [-0.05, 0) is 73.1 Å². The van der Waals surface area contributed by atoms with Crippen molar-refractivity contribution in [2.75, 3.05) is 12.0 Å². The standard InChI is InChI=1S/C32H38N2O6/c1-21(2)20-29(33-28(32(38)39)19-10-23-8-6-5-7-9-23)30(35)34(22(3)31(36)37)26-15-11-24(12-16-26)25-13-17-27(40-4)18-14-25/h5-9,11-18,21-22,28-29,33H,10,19-20H2,1-4H3,(H,36,37)(H,38,39)/t22-,28-,29-/m0/s1. The number of carboxylic acid groups (broad SMARTS) is 2. The molecule has 0 saturated heterocycles. The number of anilines is 1. The van der Waals surface area contributed by atoms with Crippen LogP contribution in [0.25, 0.3) is 11.1 Å². The number of ether oxygens (including phenoxy) is 1. The third kappa shape index (κ3) is 8.16. The van der Waals surface area contributed by atoms with Crippen LogP contribution in [0.15, 0.2) is 78.9 Å². The average Bonchev–Trinajstić information content (AvgIpc) is 2.95. The third-order valence-electron chi connectivity index (χ3n) is 6.82. The number of rotatable bonds is 14. The largest absolute Gasteiger partial charge is 0.497 e. The van der Waals surface area contributed by atoms with Crippen LogP contribution < -0.4 is 15.0 Å². The lowest BCUT2D eigenvalue weighted by Gasteiger charge is -2.33. The molecule has 8 heteroatoms. The Kier molecular flexibility index (Phi) is 10.8. The minimum Gasteiger partial charge on any atom is -0.497 e. The molecule has 0 fully saturated rings. The molecule has 0 radical (unpaired) electrons. The van der Waals surface area contributed by atoms with E-state index in [1.807, 2.05) is 80.6 Å². The highest BCUT2D eigenvalue weighted by molar-refractivity contribution is 6.02. The van der Waals surface area contributed by atoms with E-state index in [0.29, 0.717) is 18.5 Å². The molecule has 0 unspecified atom stereocenters. The van der Waals surface area contributed by atoms with Crippen molar-refractivity contribution in [3.8, 4) is 16.9 Å². The van der Waals surface area contributed by atoms with E-state index in [4.69, 9.17) is 4.74 Å². The second-order valence-electron chi connectivity index (χ2n) is 10.3. The molecular weight excluding hydrogens is 508 g/mol. The molecule has 3 aromatic rings. The Morgan fingerprint density at radius 2 is 1.38 bits per heavy atom. The number of hydrogen-bond donors (Lipinski definition) is 3. The molecule has 0 bridgehead atoms. The highest BCUT2D eigenvalue weighted by Crippen LogP contribution is 2.27. The number of carboxylic acids is 2. The van der Waals surface area contributed by atoms with E-state index in [2.05, 4.69) is 5.32 Å². The predicted octanol–water partition coefficient (Wildman–Crippen LogP) is 5.26. The summed E-state index contributed by atoms with van der Waals surface area (Å²) in [6.07, 6.45) is 1.16. The number of nitrogens with one attached hydrogen (secondary N) is 1.